The first kappa shape index (κ1) is 28.3. The molecule has 0 fully saturated rings. The molecule has 10 rings (SSSR count). The van der Waals surface area contributed by atoms with Crippen molar-refractivity contribution in [3.05, 3.63) is 188 Å². The normalized spacial score (nSPS) is 11.6. The summed E-state index contributed by atoms with van der Waals surface area (Å²) in [6.07, 6.45) is 1.85. The highest BCUT2D eigenvalue weighted by Crippen LogP contribution is 2.41. The number of benzene rings is 7. The molecule has 0 radical (unpaired) electrons. The fraction of sp³-hybridized carbons (Fsp3) is 0. The maximum atomic E-state index is 4.58. The van der Waals surface area contributed by atoms with Gasteiger partial charge in [-0.2, -0.15) is 0 Å². The molecule has 234 valence electrons. The van der Waals surface area contributed by atoms with E-state index in [-0.39, 0.29) is 0 Å². The quantitative estimate of drug-likeness (QED) is 0.184. The van der Waals surface area contributed by atoms with Crippen molar-refractivity contribution in [2.45, 2.75) is 0 Å². The van der Waals surface area contributed by atoms with Crippen LogP contribution in [0.1, 0.15) is 0 Å². The van der Waals surface area contributed by atoms with E-state index in [2.05, 4.69) is 184 Å². The second kappa shape index (κ2) is 11.5. The Labute approximate surface area is 290 Å². The SMILES string of the molecule is c1ccc(-n2c3ccccc3c3cc4c5cc(-c6cccc(-c7cccc(-c8ccccn8)c7)c6)ccc5n(-c5ccccc5)c4cc32)cc1. The third-order valence-corrected chi connectivity index (χ3v) is 9.94. The highest BCUT2D eigenvalue weighted by atomic mass is 15.0. The van der Waals surface area contributed by atoms with Gasteiger partial charge in [0.05, 0.1) is 27.8 Å². The van der Waals surface area contributed by atoms with Gasteiger partial charge in [0.1, 0.15) is 0 Å². The Morgan fingerprint density at radius 2 is 0.820 bits per heavy atom. The molecule has 0 spiro atoms. The van der Waals surface area contributed by atoms with Gasteiger partial charge < -0.3 is 9.13 Å². The second-order valence-electron chi connectivity index (χ2n) is 12.9. The fourth-order valence-electron chi connectivity index (χ4n) is 7.64. The third-order valence-electron chi connectivity index (χ3n) is 9.94. The number of aromatic nitrogens is 3. The molecule has 0 bridgehead atoms. The van der Waals surface area contributed by atoms with Crippen LogP contribution in [-0.2, 0) is 0 Å². The van der Waals surface area contributed by atoms with Crippen molar-refractivity contribution < 1.29 is 0 Å². The number of rotatable bonds is 5. The summed E-state index contributed by atoms with van der Waals surface area (Å²) in [5.74, 6) is 0. The van der Waals surface area contributed by atoms with E-state index in [0.717, 1.165) is 22.6 Å². The lowest BCUT2D eigenvalue weighted by Crippen LogP contribution is -1.95. The van der Waals surface area contributed by atoms with Gasteiger partial charge in [-0.05, 0) is 101 Å². The lowest BCUT2D eigenvalue weighted by Gasteiger charge is -2.10. The highest BCUT2D eigenvalue weighted by molar-refractivity contribution is 6.19. The van der Waals surface area contributed by atoms with Gasteiger partial charge in [-0.1, -0.05) is 103 Å². The molecule has 0 atom stereocenters. The molecule has 3 heteroatoms. The summed E-state index contributed by atoms with van der Waals surface area (Å²) >= 11 is 0. The molecule has 0 unspecified atom stereocenters. The number of pyridine rings is 1. The van der Waals surface area contributed by atoms with Crippen LogP contribution in [0.4, 0.5) is 0 Å². The smallest absolute Gasteiger partial charge is 0.0702 e. The van der Waals surface area contributed by atoms with Crippen molar-refractivity contribution in [3.8, 4) is 44.9 Å². The summed E-state index contributed by atoms with van der Waals surface area (Å²) < 4.78 is 4.82. The van der Waals surface area contributed by atoms with Crippen LogP contribution in [0.25, 0.3) is 88.5 Å². The molecule has 7 aromatic carbocycles. The Bertz CT molecular complexity index is 2850. The monoisotopic (exact) mass is 637 g/mol. The highest BCUT2D eigenvalue weighted by Gasteiger charge is 2.19. The minimum absolute atomic E-state index is 0.978. The molecule has 3 nitrogen and oxygen atoms in total. The van der Waals surface area contributed by atoms with Crippen LogP contribution < -0.4 is 0 Å². The minimum atomic E-state index is 0.978. The number of para-hydroxylation sites is 3. The van der Waals surface area contributed by atoms with Crippen molar-refractivity contribution >= 4 is 43.6 Å². The average Bonchev–Trinajstić information content (AvgIpc) is 3.69. The van der Waals surface area contributed by atoms with Gasteiger partial charge in [0.2, 0.25) is 0 Å². The molecular formula is C47H31N3. The van der Waals surface area contributed by atoms with Crippen LogP contribution >= 0.6 is 0 Å². The molecule has 50 heavy (non-hydrogen) atoms. The van der Waals surface area contributed by atoms with E-state index in [0.29, 0.717) is 0 Å². The van der Waals surface area contributed by atoms with Gasteiger partial charge in [0.15, 0.2) is 0 Å². The Morgan fingerprint density at radius 3 is 1.48 bits per heavy atom. The van der Waals surface area contributed by atoms with Gasteiger partial charge in [-0.3, -0.25) is 4.98 Å². The minimum Gasteiger partial charge on any atom is -0.309 e. The molecule has 3 aromatic heterocycles. The molecule has 0 aliphatic heterocycles. The van der Waals surface area contributed by atoms with Crippen molar-refractivity contribution in [2.75, 3.05) is 0 Å². The summed E-state index contributed by atoms with van der Waals surface area (Å²) in [6.45, 7) is 0. The predicted octanol–water partition coefficient (Wildman–Crippen LogP) is 12.3. The number of nitrogens with zero attached hydrogens (tertiary/aromatic N) is 3. The molecule has 0 N–H and O–H groups in total. The van der Waals surface area contributed by atoms with Crippen LogP contribution in [0.15, 0.2) is 188 Å². The van der Waals surface area contributed by atoms with E-state index in [1.54, 1.807) is 0 Å². The number of hydrogen-bond acceptors (Lipinski definition) is 1. The summed E-state index contributed by atoms with van der Waals surface area (Å²) in [7, 11) is 0. The van der Waals surface area contributed by atoms with Crippen molar-refractivity contribution in [1.29, 1.82) is 0 Å². The standard InChI is InChI=1S/C47H31N3/c1-3-17-37(18-4-1)49-44-23-8-7-21-39(44)41-30-42-40-29-35(24-25-45(40)50(47(42)31-46(41)49)38-19-5-2-6-20-38)33-14-11-13-32(27-33)34-15-12-16-36(28-34)43-22-9-10-26-48-43/h1-31H. The van der Waals surface area contributed by atoms with E-state index in [9.17, 15) is 0 Å². The third kappa shape index (κ3) is 4.56. The molecule has 0 amide bonds. The Morgan fingerprint density at radius 1 is 0.300 bits per heavy atom. The van der Waals surface area contributed by atoms with Crippen molar-refractivity contribution in [3.63, 3.8) is 0 Å². The first-order chi connectivity index (χ1) is 24.8. The van der Waals surface area contributed by atoms with Crippen LogP contribution in [0.5, 0.6) is 0 Å². The van der Waals surface area contributed by atoms with Crippen LogP contribution in [-0.4, -0.2) is 14.1 Å². The molecule has 0 aliphatic rings. The molecule has 0 saturated carbocycles. The zero-order valence-electron chi connectivity index (χ0n) is 27.2. The molecule has 10 aromatic rings. The van der Waals surface area contributed by atoms with Gasteiger partial charge in [-0.15, -0.1) is 0 Å². The summed E-state index contributed by atoms with van der Waals surface area (Å²) in [4.78, 5) is 4.58. The lowest BCUT2D eigenvalue weighted by molar-refractivity contribution is 1.16. The van der Waals surface area contributed by atoms with Crippen LogP contribution in [0, 0.1) is 0 Å². The van der Waals surface area contributed by atoms with Crippen LogP contribution in [0.3, 0.4) is 0 Å². The zero-order chi connectivity index (χ0) is 33.0. The molecule has 0 saturated heterocycles. The van der Waals surface area contributed by atoms with Gasteiger partial charge >= 0.3 is 0 Å². The Hall–Kier alpha value is -6.71. The molecular weight excluding hydrogens is 607 g/mol. The maximum absolute atomic E-state index is 4.58. The fourth-order valence-corrected chi connectivity index (χ4v) is 7.64. The first-order valence-corrected chi connectivity index (χ1v) is 17.0. The van der Waals surface area contributed by atoms with Gasteiger partial charge in [0.25, 0.3) is 0 Å². The summed E-state index contributed by atoms with van der Waals surface area (Å²) in [5, 5.41) is 4.99. The van der Waals surface area contributed by atoms with E-state index in [1.807, 2.05) is 18.3 Å². The van der Waals surface area contributed by atoms with Crippen molar-refractivity contribution in [2.24, 2.45) is 0 Å². The summed E-state index contributed by atoms with van der Waals surface area (Å²) in [6, 6.07) is 65.5. The Balaban J connectivity index is 1.19. The zero-order valence-corrected chi connectivity index (χ0v) is 27.2. The lowest BCUT2D eigenvalue weighted by atomic mass is 9.96. The maximum Gasteiger partial charge on any atom is 0.0702 e. The number of fused-ring (bicyclic) bond motifs is 6. The van der Waals surface area contributed by atoms with E-state index in [1.165, 1.54) is 65.9 Å². The van der Waals surface area contributed by atoms with Gasteiger partial charge in [0, 0.05) is 44.7 Å². The van der Waals surface area contributed by atoms with E-state index < -0.39 is 0 Å². The topological polar surface area (TPSA) is 22.8 Å². The van der Waals surface area contributed by atoms with E-state index in [4.69, 9.17) is 0 Å². The summed E-state index contributed by atoms with van der Waals surface area (Å²) in [5.41, 5.74) is 13.9. The molecule has 0 aliphatic carbocycles. The average molecular weight is 638 g/mol. The van der Waals surface area contributed by atoms with Gasteiger partial charge in [-0.25, -0.2) is 0 Å². The second-order valence-corrected chi connectivity index (χ2v) is 12.9. The number of hydrogen-bond donors (Lipinski definition) is 0. The van der Waals surface area contributed by atoms with E-state index >= 15 is 0 Å². The first-order valence-electron chi connectivity index (χ1n) is 17.0. The van der Waals surface area contributed by atoms with Crippen molar-refractivity contribution in [1.82, 2.24) is 14.1 Å². The predicted molar refractivity (Wildman–Crippen MR) is 209 cm³/mol. The van der Waals surface area contributed by atoms with Crippen LogP contribution in [0.2, 0.25) is 0 Å². The molecule has 3 heterocycles. The Kier molecular flexibility index (Phi) is 6.49. The largest absolute Gasteiger partial charge is 0.309 e.